The number of thiazole rings is 1. The highest BCUT2D eigenvalue weighted by molar-refractivity contribution is 7.15. The van der Waals surface area contributed by atoms with Crippen LogP contribution in [0.2, 0.25) is 0 Å². The molecule has 2 N–H and O–H groups in total. The van der Waals surface area contributed by atoms with Crippen molar-refractivity contribution in [1.82, 2.24) is 14.9 Å². The first kappa shape index (κ1) is 17.4. The van der Waals surface area contributed by atoms with E-state index in [2.05, 4.69) is 15.3 Å². The van der Waals surface area contributed by atoms with Gasteiger partial charge < -0.3 is 14.6 Å². The van der Waals surface area contributed by atoms with Gasteiger partial charge in [-0.15, -0.1) is 0 Å². The van der Waals surface area contributed by atoms with Crippen LogP contribution in [-0.2, 0) is 22.5 Å². The molecule has 28 heavy (non-hydrogen) atoms. The Morgan fingerprint density at radius 1 is 1.32 bits per heavy atom. The van der Waals surface area contributed by atoms with Crippen LogP contribution in [0.5, 0.6) is 0 Å². The summed E-state index contributed by atoms with van der Waals surface area (Å²) in [7, 11) is 0. The normalized spacial score (nSPS) is 19.0. The number of amides is 2. The Balaban J connectivity index is 1.31. The molecule has 0 saturated carbocycles. The van der Waals surface area contributed by atoms with Crippen LogP contribution in [0.15, 0.2) is 30.5 Å². The molecular weight excluding hydrogens is 376 g/mol. The molecule has 4 heterocycles. The van der Waals surface area contributed by atoms with Crippen LogP contribution < -0.4 is 5.32 Å². The van der Waals surface area contributed by atoms with E-state index in [1.807, 2.05) is 29.2 Å². The van der Waals surface area contributed by atoms with E-state index in [9.17, 15) is 9.59 Å². The zero-order valence-corrected chi connectivity index (χ0v) is 16.1. The van der Waals surface area contributed by atoms with Gasteiger partial charge in [0.05, 0.1) is 17.8 Å². The highest BCUT2D eigenvalue weighted by Gasteiger charge is 2.28. The molecule has 0 bridgehead atoms. The predicted molar refractivity (Wildman–Crippen MR) is 106 cm³/mol. The van der Waals surface area contributed by atoms with Crippen LogP contribution in [0.3, 0.4) is 0 Å². The number of fused-ring (bicyclic) bond motifs is 2. The van der Waals surface area contributed by atoms with Crippen molar-refractivity contribution < 1.29 is 14.3 Å². The lowest BCUT2D eigenvalue weighted by atomic mass is 10.1. The highest BCUT2D eigenvalue weighted by Crippen LogP contribution is 2.30. The zero-order chi connectivity index (χ0) is 19.1. The van der Waals surface area contributed by atoms with E-state index in [0.717, 1.165) is 34.3 Å². The van der Waals surface area contributed by atoms with Gasteiger partial charge in [0.2, 0.25) is 0 Å². The van der Waals surface area contributed by atoms with E-state index in [1.54, 1.807) is 6.20 Å². The van der Waals surface area contributed by atoms with E-state index in [1.165, 1.54) is 11.3 Å². The fourth-order valence-electron chi connectivity index (χ4n) is 3.81. The predicted octanol–water partition coefficient (Wildman–Crippen LogP) is 2.94. The zero-order valence-electron chi connectivity index (χ0n) is 15.2. The van der Waals surface area contributed by atoms with E-state index in [4.69, 9.17) is 4.74 Å². The molecule has 0 aliphatic carbocycles. The third-order valence-corrected chi connectivity index (χ3v) is 6.29. The van der Waals surface area contributed by atoms with Crippen LogP contribution in [-0.4, -0.2) is 45.9 Å². The number of aromatic amines is 1. The molecule has 144 valence electrons. The summed E-state index contributed by atoms with van der Waals surface area (Å²) in [5.74, 6) is -0.114. The lowest BCUT2D eigenvalue weighted by Crippen LogP contribution is -2.35. The number of benzene rings is 1. The summed E-state index contributed by atoms with van der Waals surface area (Å²) in [6.45, 7) is 1.77. The summed E-state index contributed by atoms with van der Waals surface area (Å²) in [6.07, 6.45) is 3.76. The average molecular weight is 396 g/mol. The van der Waals surface area contributed by atoms with Crippen molar-refractivity contribution in [1.29, 1.82) is 0 Å². The fraction of sp³-hybridized carbons (Fsp3) is 0.350. The second kappa shape index (κ2) is 7.03. The van der Waals surface area contributed by atoms with Crippen molar-refractivity contribution >= 4 is 39.2 Å². The number of carbonyl (C=O) groups excluding carboxylic acids is 2. The molecule has 2 aromatic heterocycles. The standard InChI is InChI=1S/C20H20N4O3S/c25-18(16-6-3-9-27-16)23-20-22-15-7-8-24(11-17(15)28-20)19(26)13-10-21-14-5-2-1-4-12(13)14/h1-2,4-5,10,16,21H,3,6-9,11H2,(H,22,23,25). The first-order valence-electron chi connectivity index (χ1n) is 9.45. The third-order valence-electron chi connectivity index (χ3n) is 5.29. The van der Waals surface area contributed by atoms with Gasteiger partial charge in [-0.1, -0.05) is 29.5 Å². The number of para-hydroxylation sites is 1. The Kier molecular flexibility index (Phi) is 4.37. The van der Waals surface area contributed by atoms with Crippen molar-refractivity contribution in [3.63, 3.8) is 0 Å². The number of aromatic nitrogens is 2. The molecule has 3 aromatic rings. The first-order valence-corrected chi connectivity index (χ1v) is 10.3. The lowest BCUT2D eigenvalue weighted by Gasteiger charge is -2.25. The van der Waals surface area contributed by atoms with Gasteiger partial charge >= 0.3 is 0 Å². The van der Waals surface area contributed by atoms with Crippen molar-refractivity contribution in [3.8, 4) is 0 Å². The van der Waals surface area contributed by atoms with Crippen molar-refractivity contribution in [2.75, 3.05) is 18.5 Å². The maximum Gasteiger partial charge on any atom is 0.256 e. The molecule has 8 heteroatoms. The van der Waals surface area contributed by atoms with Gasteiger partial charge in [0.15, 0.2) is 5.13 Å². The molecule has 0 spiro atoms. The molecule has 1 atom stereocenters. The summed E-state index contributed by atoms with van der Waals surface area (Å²) >= 11 is 1.44. The second-order valence-electron chi connectivity index (χ2n) is 7.10. The van der Waals surface area contributed by atoms with Crippen LogP contribution in [0, 0.1) is 0 Å². The van der Waals surface area contributed by atoms with Gasteiger partial charge in [-0.25, -0.2) is 4.98 Å². The number of rotatable bonds is 3. The Bertz CT molecular complexity index is 1050. The number of hydrogen-bond acceptors (Lipinski definition) is 5. The molecular formula is C20H20N4O3S. The number of nitrogens with zero attached hydrogens (tertiary/aromatic N) is 2. The average Bonchev–Trinajstić information content (AvgIpc) is 3.45. The summed E-state index contributed by atoms with van der Waals surface area (Å²) < 4.78 is 5.42. The number of H-pyrrole nitrogens is 1. The number of hydrogen-bond donors (Lipinski definition) is 2. The smallest absolute Gasteiger partial charge is 0.256 e. The SMILES string of the molecule is O=C(Nc1nc2c(s1)CN(C(=O)c1c[nH]c3ccccc13)CC2)C1CCCO1. The fourth-order valence-corrected chi connectivity index (χ4v) is 4.84. The minimum absolute atomic E-state index is 0.0152. The summed E-state index contributed by atoms with van der Waals surface area (Å²) in [5.41, 5.74) is 2.62. The summed E-state index contributed by atoms with van der Waals surface area (Å²) in [6, 6.07) is 7.81. The van der Waals surface area contributed by atoms with Gasteiger partial charge in [-0.2, -0.15) is 0 Å². The number of ether oxygens (including phenoxy) is 1. The van der Waals surface area contributed by atoms with Crippen LogP contribution in [0.1, 0.15) is 33.8 Å². The van der Waals surface area contributed by atoms with Gasteiger partial charge in [-0.05, 0) is 18.9 Å². The molecule has 1 fully saturated rings. The molecule has 0 radical (unpaired) electrons. The topological polar surface area (TPSA) is 87.3 Å². The largest absolute Gasteiger partial charge is 0.368 e. The molecule has 1 unspecified atom stereocenters. The summed E-state index contributed by atoms with van der Waals surface area (Å²) in [5, 5.41) is 4.40. The lowest BCUT2D eigenvalue weighted by molar-refractivity contribution is -0.124. The van der Waals surface area contributed by atoms with Gasteiger partial charge in [0, 0.05) is 41.5 Å². The second-order valence-corrected chi connectivity index (χ2v) is 8.19. The first-order chi connectivity index (χ1) is 13.7. The van der Waals surface area contributed by atoms with Crippen LogP contribution in [0.25, 0.3) is 10.9 Å². The van der Waals surface area contributed by atoms with Gasteiger partial charge in [-0.3, -0.25) is 14.9 Å². The Morgan fingerprint density at radius 3 is 3.07 bits per heavy atom. The minimum atomic E-state index is -0.374. The maximum atomic E-state index is 13.0. The Morgan fingerprint density at radius 2 is 2.21 bits per heavy atom. The number of nitrogens with one attached hydrogen (secondary N) is 2. The van der Waals surface area contributed by atoms with E-state index >= 15 is 0 Å². The molecule has 1 aromatic carbocycles. The molecule has 7 nitrogen and oxygen atoms in total. The van der Waals surface area contributed by atoms with Gasteiger partial charge in [0.25, 0.3) is 11.8 Å². The molecule has 5 rings (SSSR count). The highest BCUT2D eigenvalue weighted by atomic mass is 32.1. The van der Waals surface area contributed by atoms with Crippen molar-refractivity contribution in [3.05, 3.63) is 46.6 Å². The van der Waals surface area contributed by atoms with Crippen LogP contribution in [0.4, 0.5) is 5.13 Å². The maximum absolute atomic E-state index is 13.0. The molecule has 2 amide bonds. The monoisotopic (exact) mass is 396 g/mol. The van der Waals surface area contributed by atoms with E-state index in [0.29, 0.717) is 36.8 Å². The number of anilines is 1. The number of carbonyl (C=O) groups is 2. The van der Waals surface area contributed by atoms with E-state index in [-0.39, 0.29) is 17.9 Å². The van der Waals surface area contributed by atoms with Crippen molar-refractivity contribution in [2.45, 2.75) is 31.9 Å². The van der Waals surface area contributed by atoms with Crippen molar-refractivity contribution in [2.24, 2.45) is 0 Å². The molecule has 2 aliphatic heterocycles. The molecule has 1 saturated heterocycles. The third kappa shape index (κ3) is 3.08. The molecule has 2 aliphatic rings. The summed E-state index contributed by atoms with van der Waals surface area (Å²) in [4.78, 5) is 35.9. The van der Waals surface area contributed by atoms with E-state index < -0.39 is 0 Å². The Hall–Kier alpha value is -2.71. The van der Waals surface area contributed by atoms with Crippen LogP contribution >= 0.6 is 11.3 Å². The quantitative estimate of drug-likeness (QED) is 0.713. The Labute approximate surface area is 165 Å². The van der Waals surface area contributed by atoms with Gasteiger partial charge in [0.1, 0.15) is 6.10 Å². The minimum Gasteiger partial charge on any atom is -0.368 e.